The van der Waals surface area contributed by atoms with Gasteiger partial charge >= 0.3 is 0 Å². The molecule has 1 aromatic heterocycles. The van der Waals surface area contributed by atoms with Gasteiger partial charge in [-0.25, -0.2) is 17.7 Å². The number of hydrogen-bond acceptors (Lipinski definition) is 5. The summed E-state index contributed by atoms with van der Waals surface area (Å²) in [6.45, 7) is 2.49. The Bertz CT molecular complexity index is 1200. The zero-order valence-corrected chi connectivity index (χ0v) is 19.2. The molecule has 0 aliphatic heterocycles. The molecule has 0 unspecified atom stereocenters. The van der Waals surface area contributed by atoms with E-state index < -0.39 is 10.0 Å². The minimum atomic E-state index is -3.55. The average molecular weight is 456 g/mol. The summed E-state index contributed by atoms with van der Waals surface area (Å²) in [6, 6.07) is 14.3. The van der Waals surface area contributed by atoms with Gasteiger partial charge in [0.05, 0.1) is 10.6 Å². The lowest BCUT2D eigenvalue weighted by atomic mass is 9.94. The highest BCUT2D eigenvalue weighted by Crippen LogP contribution is 2.38. The van der Waals surface area contributed by atoms with Crippen molar-refractivity contribution in [3.05, 3.63) is 64.5 Å². The van der Waals surface area contributed by atoms with Crippen LogP contribution in [0, 0.1) is 0 Å². The van der Waals surface area contributed by atoms with Crippen LogP contribution in [-0.4, -0.2) is 37.2 Å². The third kappa shape index (κ3) is 4.42. The predicted octanol–water partition coefficient (Wildman–Crippen LogP) is 4.58. The molecule has 2 aromatic carbocycles. The first-order valence-electron chi connectivity index (χ1n) is 10.4. The van der Waals surface area contributed by atoms with Gasteiger partial charge in [-0.3, -0.25) is 10.1 Å². The Morgan fingerprint density at radius 2 is 1.87 bits per heavy atom. The summed E-state index contributed by atoms with van der Waals surface area (Å²) in [4.78, 5) is 18.7. The Morgan fingerprint density at radius 1 is 1.13 bits per heavy atom. The quantitative estimate of drug-likeness (QED) is 0.565. The van der Waals surface area contributed by atoms with Gasteiger partial charge in [-0.05, 0) is 49.1 Å². The summed E-state index contributed by atoms with van der Waals surface area (Å²) >= 11 is 1.50. The van der Waals surface area contributed by atoms with E-state index >= 15 is 0 Å². The van der Waals surface area contributed by atoms with Gasteiger partial charge < -0.3 is 0 Å². The highest BCUT2D eigenvalue weighted by molar-refractivity contribution is 7.89. The molecule has 162 valence electrons. The standard InChI is InChI=1S/C23H25N3O3S2/c1-3-4-15-26(2)31(28,29)18-12-9-17(10-13-18)22(27)25-23-24-21-19-8-6-5-7-16(19)11-14-20(21)30-23/h5-10,12-13H,3-4,11,14-15H2,1-2H3,(H,24,25,27). The van der Waals surface area contributed by atoms with E-state index in [1.54, 1.807) is 19.2 Å². The van der Waals surface area contributed by atoms with Crippen LogP contribution >= 0.6 is 11.3 Å². The number of carbonyl (C=O) groups excluding carboxylic acids is 1. The molecule has 0 spiro atoms. The van der Waals surface area contributed by atoms with E-state index in [4.69, 9.17) is 0 Å². The molecule has 0 bridgehead atoms. The van der Waals surface area contributed by atoms with Crippen LogP contribution in [0.25, 0.3) is 11.3 Å². The number of anilines is 1. The van der Waals surface area contributed by atoms with E-state index in [0.29, 0.717) is 17.2 Å². The van der Waals surface area contributed by atoms with Crippen LogP contribution in [0.2, 0.25) is 0 Å². The van der Waals surface area contributed by atoms with Crippen molar-refractivity contribution in [2.24, 2.45) is 0 Å². The molecule has 1 heterocycles. The molecule has 0 saturated carbocycles. The first kappa shape index (κ1) is 21.7. The summed E-state index contributed by atoms with van der Waals surface area (Å²) in [5, 5.41) is 3.42. The maximum absolute atomic E-state index is 12.7. The van der Waals surface area contributed by atoms with E-state index in [1.807, 2.05) is 19.1 Å². The Morgan fingerprint density at radius 3 is 2.61 bits per heavy atom. The number of hydrogen-bond donors (Lipinski definition) is 1. The maximum atomic E-state index is 12.7. The van der Waals surface area contributed by atoms with Crippen LogP contribution in [0.15, 0.2) is 53.4 Å². The lowest BCUT2D eigenvalue weighted by Gasteiger charge is -2.16. The molecule has 0 atom stereocenters. The zero-order valence-electron chi connectivity index (χ0n) is 17.6. The van der Waals surface area contributed by atoms with E-state index in [0.717, 1.165) is 36.9 Å². The van der Waals surface area contributed by atoms with Gasteiger partial charge in [0.25, 0.3) is 5.91 Å². The van der Waals surface area contributed by atoms with Crippen LogP contribution in [0.1, 0.15) is 40.6 Å². The molecule has 6 nitrogen and oxygen atoms in total. The predicted molar refractivity (Wildman–Crippen MR) is 124 cm³/mol. The van der Waals surface area contributed by atoms with Gasteiger partial charge in [0, 0.05) is 29.6 Å². The Labute approximate surface area is 187 Å². The normalized spacial score (nSPS) is 13.0. The highest BCUT2D eigenvalue weighted by Gasteiger charge is 2.23. The Kier molecular flexibility index (Phi) is 6.22. The number of unbranched alkanes of at least 4 members (excludes halogenated alkanes) is 1. The van der Waals surface area contributed by atoms with Gasteiger partial charge in [-0.1, -0.05) is 37.6 Å². The molecule has 1 N–H and O–H groups in total. The fraction of sp³-hybridized carbons (Fsp3) is 0.304. The molecule has 0 saturated heterocycles. The van der Waals surface area contributed by atoms with E-state index in [2.05, 4.69) is 22.4 Å². The molecule has 3 aromatic rings. The van der Waals surface area contributed by atoms with Gasteiger partial charge in [-0.2, -0.15) is 0 Å². The molecule has 1 aliphatic carbocycles. The van der Waals surface area contributed by atoms with Crippen LogP contribution in [0.4, 0.5) is 5.13 Å². The third-order valence-electron chi connectivity index (χ3n) is 5.46. The number of benzene rings is 2. The number of aromatic nitrogens is 1. The Hall–Kier alpha value is -2.55. The van der Waals surface area contributed by atoms with Crippen molar-refractivity contribution >= 4 is 32.4 Å². The van der Waals surface area contributed by atoms with Crippen molar-refractivity contribution in [1.82, 2.24) is 9.29 Å². The second-order valence-corrected chi connectivity index (χ2v) is 10.7. The van der Waals surface area contributed by atoms with Crippen molar-refractivity contribution < 1.29 is 13.2 Å². The zero-order chi connectivity index (χ0) is 22.0. The first-order valence-corrected chi connectivity index (χ1v) is 12.6. The number of fused-ring (bicyclic) bond motifs is 3. The van der Waals surface area contributed by atoms with E-state index in [9.17, 15) is 13.2 Å². The summed E-state index contributed by atoms with van der Waals surface area (Å²) < 4.78 is 26.6. The van der Waals surface area contributed by atoms with Gasteiger partial charge in [0.2, 0.25) is 10.0 Å². The second-order valence-electron chi connectivity index (χ2n) is 7.61. The number of thiazole rings is 1. The van der Waals surface area contributed by atoms with Crippen LogP contribution in [0.3, 0.4) is 0 Å². The molecule has 1 aliphatic rings. The largest absolute Gasteiger partial charge is 0.298 e. The number of amides is 1. The van der Waals surface area contributed by atoms with Crippen LogP contribution in [0.5, 0.6) is 0 Å². The van der Waals surface area contributed by atoms with E-state index in [1.165, 1.54) is 38.2 Å². The van der Waals surface area contributed by atoms with Crippen molar-refractivity contribution in [2.75, 3.05) is 18.9 Å². The summed E-state index contributed by atoms with van der Waals surface area (Å²) in [6.07, 6.45) is 3.61. The average Bonchev–Trinajstić information content (AvgIpc) is 3.20. The molecule has 0 fully saturated rings. The number of nitrogens with zero attached hydrogens (tertiary/aromatic N) is 2. The third-order valence-corrected chi connectivity index (χ3v) is 8.36. The first-order chi connectivity index (χ1) is 14.9. The molecule has 31 heavy (non-hydrogen) atoms. The summed E-state index contributed by atoms with van der Waals surface area (Å²) in [5.74, 6) is -0.303. The van der Waals surface area contributed by atoms with Crippen LogP contribution < -0.4 is 5.32 Å². The minimum Gasteiger partial charge on any atom is -0.298 e. The second kappa shape index (κ2) is 8.90. The summed E-state index contributed by atoms with van der Waals surface area (Å²) in [5.41, 5.74) is 3.74. The van der Waals surface area contributed by atoms with Crippen molar-refractivity contribution in [1.29, 1.82) is 0 Å². The number of carbonyl (C=O) groups is 1. The monoisotopic (exact) mass is 455 g/mol. The summed E-state index contributed by atoms with van der Waals surface area (Å²) in [7, 11) is -1.97. The van der Waals surface area contributed by atoms with Crippen molar-refractivity contribution in [3.63, 3.8) is 0 Å². The molecule has 1 amide bonds. The molecular formula is C23H25N3O3S2. The molecule has 8 heteroatoms. The fourth-order valence-corrected chi connectivity index (χ4v) is 5.81. The smallest absolute Gasteiger partial charge is 0.257 e. The lowest BCUT2D eigenvalue weighted by molar-refractivity contribution is 0.102. The Balaban J connectivity index is 1.49. The van der Waals surface area contributed by atoms with Crippen LogP contribution in [-0.2, 0) is 22.9 Å². The van der Waals surface area contributed by atoms with Gasteiger partial charge in [0.15, 0.2) is 5.13 Å². The van der Waals surface area contributed by atoms with Gasteiger partial charge in [0.1, 0.15) is 0 Å². The fourth-order valence-electron chi connectivity index (χ4n) is 3.63. The topological polar surface area (TPSA) is 79.4 Å². The lowest BCUT2D eigenvalue weighted by Crippen LogP contribution is -2.28. The number of rotatable bonds is 7. The molecule has 4 rings (SSSR count). The van der Waals surface area contributed by atoms with Gasteiger partial charge in [-0.15, -0.1) is 11.3 Å². The highest BCUT2D eigenvalue weighted by atomic mass is 32.2. The maximum Gasteiger partial charge on any atom is 0.257 e. The number of aryl methyl sites for hydroxylation is 2. The minimum absolute atomic E-state index is 0.184. The van der Waals surface area contributed by atoms with Crippen molar-refractivity contribution in [2.45, 2.75) is 37.5 Å². The van der Waals surface area contributed by atoms with Crippen molar-refractivity contribution in [3.8, 4) is 11.3 Å². The molecular weight excluding hydrogens is 430 g/mol. The SMILES string of the molecule is CCCCN(C)S(=O)(=O)c1ccc(C(=O)Nc2nc3c(s2)CCc2ccccc2-3)cc1. The van der Waals surface area contributed by atoms with E-state index in [-0.39, 0.29) is 10.8 Å². The molecule has 0 radical (unpaired) electrons. The number of sulfonamides is 1. The number of nitrogens with one attached hydrogen (secondary N) is 1.